The number of benzene rings is 2. The molecule has 27 heavy (non-hydrogen) atoms. The third kappa shape index (κ3) is 4.71. The van der Waals surface area contributed by atoms with Gasteiger partial charge in [-0.3, -0.25) is 9.10 Å². The van der Waals surface area contributed by atoms with Crippen LogP contribution in [0.2, 0.25) is 0 Å². The first kappa shape index (κ1) is 19.0. The van der Waals surface area contributed by atoms with Crippen LogP contribution in [0, 0.1) is 0 Å². The number of nitrogens with zero attached hydrogens (tertiary/aromatic N) is 1. The monoisotopic (exact) mass is 390 g/mol. The number of carbonyl (C=O) groups is 1. The maximum absolute atomic E-state index is 12.3. The number of amides is 1. The summed E-state index contributed by atoms with van der Waals surface area (Å²) >= 11 is 0. The van der Waals surface area contributed by atoms with Crippen molar-refractivity contribution in [2.75, 3.05) is 36.9 Å². The minimum Gasteiger partial charge on any atom is -0.497 e. The van der Waals surface area contributed by atoms with Gasteiger partial charge in [0.1, 0.15) is 18.1 Å². The number of hydrogen-bond acceptors (Lipinski definition) is 5. The highest BCUT2D eigenvalue weighted by Gasteiger charge is 2.28. The molecular weight excluding hydrogens is 368 g/mol. The minimum atomic E-state index is -3.27. The van der Waals surface area contributed by atoms with Crippen LogP contribution in [0.15, 0.2) is 48.5 Å². The highest BCUT2D eigenvalue weighted by Crippen LogP contribution is 2.24. The Kier molecular flexibility index (Phi) is 5.85. The highest BCUT2D eigenvalue weighted by atomic mass is 32.2. The van der Waals surface area contributed by atoms with Crippen molar-refractivity contribution in [3.8, 4) is 11.5 Å². The fourth-order valence-electron chi connectivity index (χ4n) is 2.86. The lowest BCUT2D eigenvalue weighted by Crippen LogP contribution is -2.29. The van der Waals surface area contributed by atoms with Crippen LogP contribution >= 0.6 is 0 Å². The molecule has 1 aliphatic heterocycles. The van der Waals surface area contributed by atoms with E-state index in [9.17, 15) is 13.2 Å². The van der Waals surface area contributed by atoms with Gasteiger partial charge >= 0.3 is 0 Å². The molecule has 2 aromatic rings. The van der Waals surface area contributed by atoms with Crippen molar-refractivity contribution >= 4 is 21.6 Å². The van der Waals surface area contributed by atoms with E-state index in [4.69, 9.17) is 9.47 Å². The Morgan fingerprint density at radius 2 is 1.93 bits per heavy atom. The Morgan fingerprint density at radius 1 is 1.15 bits per heavy atom. The van der Waals surface area contributed by atoms with E-state index in [-0.39, 0.29) is 11.7 Å². The van der Waals surface area contributed by atoms with Gasteiger partial charge in [0, 0.05) is 18.2 Å². The summed E-state index contributed by atoms with van der Waals surface area (Å²) in [4.78, 5) is 12.3. The fraction of sp³-hybridized carbons (Fsp3) is 0.316. The van der Waals surface area contributed by atoms with Crippen molar-refractivity contribution < 1.29 is 22.7 Å². The molecular formula is C19H22N2O5S. The van der Waals surface area contributed by atoms with Crippen LogP contribution in [0.25, 0.3) is 0 Å². The average molecular weight is 390 g/mol. The summed E-state index contributed by atoms with van der Waals surface area (Å²) in [6, 6.07) is 13.9. The first-order valence-electron chi connectivity index (χ1n) is 8.65. The van der Waals surface area contributed by atoms with E-state index in [0.29, 0.717) is 48.9 Å². The zero-order chi connectivity index (χ0) is 19.3. The fourth-order valence-corrected chi connectivity index (χ4v) is 4.41. The molecule has 0 aromatic heterocycles. The Labute approximate surface area is 158 Å². The van der Waals surface area contributed by atoms with E-state index in [1.54, 1.807) is 37.4 Å². The number of rotatable bonds is 7. The van der Waals surface area contributed by atoms with Gasteiger partial charge in [0.2, 0.25) is 10.0 Å². The molecule has 0 bridgehead atoms. The zero-order valence-corrected chi connectivity index (χ0v) is 15.9. The van der Waals surface area contributed by atoms with Crippen LogP contribution in [0.1, 0.15) is 16.8 Å². The van der Waals surface area contributed by atoms with E-state index < -0.39 is 10.0 Å². The molecule has 7 nitrogen and oxygen atoms in total. The van der Waals surface area contributed by atoms with Crippen LogP contribution < -0.4 is 19.1 Å². The lowest BCUT2D eigenvalue weighted by molar-refractivity contribution is 0.0947. The molecule has 1 fully saturated rings. The molecule has 8 heteroatoms. The van der Waals surface area contributed by atoms with Crippen LogP contribution in [0.4, 0.5) is 5.69 Å². The number of sulfonamides is 1. The molecule has 1 heterocycles. The second-order valence-electron chi connectivity index (χ2n) is 6.08. The number of carbonyl (C=O) groups excluding carboxylic acids is 1. The van der Waals surface area contributed by atoms with Crippen molar-refractivity contribution in [2.45, 2.75) is 6.42 Å². The number of nitrogens with one attached hydrogen (secondary N) is 1. The molecule has 0 unspecified atom stereocenters. The van der Waals surface area contributed by atoms with E-state index >= 15 is 0 Å². The Balaban J connectivity index is 1.54. The van der Waals surface area contributed by atoms with E-state index in [1.807, 2.05) is 18.2 Å². The second-order valence-corrected chi connectivity index (χ2v) is 8.09. The number of methoxy groups -OCH3 is 1. The van der Waals surface area contributed by atoms with Crippen molar-refractivity contribution in [1.82, 2.24) is 5.32 Å². The van der Waals surface area contributed by atoms with Gasteiger partial charge < -0.3 is 14.8 Å². The molecule has 0 saturated carbocycles. The largest absolute Gasteiger partial charge is 0.497 e. The molecule has 144 valence electrons. The van der Waals surface area contributed by atoms with Crippen LogP contribution in [-0.2, 0) is 10.0 Å². The quantitative estimate of drug-likeness (QED) is 0.732. The minimum absolute atomic E-state index is 0.144. The van der Waals surface area contributed by atoms with Gasteiger partial charge in [0.25, 0.3) is 5.91 Å². The summed E-state index contributed by atoms with van der Waals surface area (Å²) in [7, 11) is -1.68. The number of ether oxygens (including phenoxy) is 2. The number of anilines is 1. The van der Waals surface area contributed by atoms with Crippen molar-refractivity contribution in [1.29, 1.82) is 0 Å². The lowest BCUT2D eigenvalue weighted by Gasteiger charge is -2.17. The van der Waals surface area contributed by atoms with Crippen LogP contribution in [-0.4, -0.2) is 46.9 Å². The molecule has 1 aliphatic rings. The molecule has 1 saturated heterocycles. The van der Waals surface area contributed by atoms with Crippen LogP contribution in [0.3, 0.4) is 0 Å². The first-order chi connectivity index (χ1) is 13.0. The van der Waals surface area contributed by atoms with E-state index in [2.05, 4.69) is 5.32 Å². The van der Waals surface area contributed by atoms with Gasteiger partial charge in [-0.1, -0.05) is 12.1 Å². The molecule has 1 amide bonds. The molecule has 0 atom stereocenters. The second kappa shape index (κ2) is 8.30. The van der Waals surface area contributed by atoms with Crippen molar-refractivity contribution in [3.63, 3.8) is 0 Å². The Bertz CT molecular complexity index is 914. The molecule has 2 aromatic carbocycles. The highest BCUT2D eigenvalue weighted by molar-refractivity contribution is 7.93. The van der Waals surface area contributed by atoms with Gasteiger partial charge in [-0.15, -0.1) is 0 Å². The average Bonchev–Trinajstić information content (AvgIpc) is 3.04. The molecule has 0 aliphatic carbocycles. The summed E-state index contributed by atoms with van der Waals surface area (Å²) in [6.07, 6.45) is 0.598. The normalized spacial score (nSPS) is 15.4. The summed E-state index contributed by atoms with van der Waals surface area (Å²) in [5.74, 6) is 1.23. The summed E-state index contributed by atoms with van der Waals surface area (Å²) in [5.41, 5.74) is 0.934. The smallest absolute Gasteiger partial charge is 0.251 e. The summed E-state index contributed by atoms with van der Waals surface area (Å²) in [6.45, 7) is 1.07. The summed E-state index contributed by atoms with van der Waals surface area (Å²) in [5, 5.41) is 2.77. The first-order valence-corrected chi connectivity index (χ1v) is 10.3. The van der Waals surface area contributed by atoms with E-state index in [0.717, 1.165) is 0 Å². The maximum Gasteiger partial charge on any atom is 0.251 e. The Morgan fingerprint density at radius 3 is 2.67 bits per heavy atom. The predicted molar refractivity (Wildman–Crippen MR) is 103 cm³/mol. The van der Waals surface area contributed by atoms with Crippen molar-refractivity contribution in [3.05, 3.63) is 54.1 Å². The van der Waals surface area contributed by atoms with Gasteiger partial charge in [-0.05, 0) is 36.8 Å². The third-order valence-electron chi connectivity index (χ3n) is 4.19. The van der Waals surface area contributed by atoms with Crippen LogP contribution in [0.5, 0.6) is 11.5 Å². The standard InChI is InChI=1S/C19H22N2O5S/c1-25-17-7-3-8-18(14-17)26-11-9-20-19(22)15-5-2-6-16(13-15)21-10-4-12-27(21,23)24/h2-3,5-8,13-14H,4,9-12H2,1H3,(H,20,22). The van der Waals surface area contributed by atoms with Gasteiger partial charge in [-0.2, -0.15) is 0 Å². The maximum atomic E-state index is 12.3. The Hall–Kier alpha value is -2.74. The van der Waals surface area contributed by atoms with Crippen molar-refractivity contribution in [2.24, 2.45) is 0 Å². The van der Waals surface area contributed by atoms with Gasteiger partial charge in [0.05, 0.1) is 25.1 Å². The summed E-state index contributed by atoms with van der Waals surface area (Å²) < 4.78 is 36.1. The van der Waals surface area contributed by atoms with Gasteiger partial charge in [-0.25, -0.2) is 8.42 Å². The third-order valence-corrected chi connectivity index (χ3v) is 6.06. The number of hydrogen-bond donors (Lipinski definition) is 1. The topological polar surface area (TPSA) is 84.9 Å². The van der Waals surface area contributed by atoms with E-state index in [1.165, 1.54) is 4.31 Å². The SMILES string of the molecule is COc1cccc(OCCNC(=O)c2cccc(N3CCCS3(=O)=O)c2)c1. The molecule has 0 spiro atoms. The molecule has 3 rings (SSSR count). The predicted octanol–water partition coefficient (Wildman–Crippen LogP) is 2.04. The molecule has 0 radical (unpaired) electrons. The molecule has 1 N–H and O–H groups in total. The zero-order valence-electron chi connectivity index (χ0n) is 15.1. The van der Waals surface area contributed by atoms with Gasteiger partial charge in [0.15, 0.2) is 0 Å². The lowest BCUT2D eigenvalue weighted by atomic mass is 10.2.